The van der Waals surface area contributed by atoms with Gasteiger partial charge in [0.25, 0.3) is 0 Å². The number of aryl methyl sites for hydroxylation is 2. The van der Waals surface area contributed by atoms with Crippen molar-refractivity contribution in [2.75, 3.05) is 27.2 Å². The maximum Gasteiger partial charge on any atom is 0.226 e. The summed E-state index contributed by atoms with van der Waals surface area (Å²) in [7, 11) is 4.15. The van der Waals surface area contributed by atoms with Crippen molar-refractivity contribution in [3.05, 3.63) is 5.82 Å². The van der Waals surface area contributed by atoms with Gasteiger partial charge in [-0.15, -0.1) is 5.10 Å². The van der Waals surface area contributed by atoms with Gasteiger partial charge in [-0.25, -0.2) is 4.68 Å². The Kier molecular flexibility index (Phi) is 5.81. The zero-order valence-electron chi connectivity index (χ0n) is 15.0. The highest BCUT2D eigenvalue weighted by molar-refractivity contribution is 5.79. The normalized spacial score (nSPS) is 22.2. The van der Waals surface area contributed by atoms with Gasteiger partial charge in [-0.3, -0.25) is 4.79 Å². The van der Waals surface area contributed by atoms with Crippen LogP contribution in [0.3, 0.4) is 0 Å². The van der Waals surface area contributed by atoms with Crippen molar-refractivity contribution in [1.82, 2.24) is 30.0 Å². The van der Waals surface area contributed by atoms with Crippen molar-refractivity contribution in [1.29, 1.82) is 0 Å². The minimum atomic E-state index is 0.0950. The lowest BCUT2D eigenvalue weighted by atomic mass is 9.91. The molecule has 0 bridgehead atoms. The van der Waals surface area contributed by atoms with Gasteiger partial charge < -0.3 is 9.80 Å². The number of amides is 1. The van der Waals surface area contributed by atoms with E-state index in [2.05, 4.69) is 39.4 Å². The van der Waals surface area contributed by atoms with Crippen LogP contribution in [-0.2, 0) is 17.8 Å². The van der Waals surface area contributed by atoms with E-state index in [0.717, 1.165) is 44.7 Å². The molecule has 24 heavy (non-hydrogen) atoms. The number of likely N-dealkylation sites (N-methyl/N-ethyl adjacent to an activating group) is 1. The van der Waals surface area contributed by atoms with E-state index in [-0.39, 0.29) is 5.92 Å². The molecule has 134 valence electrons. The molecule has 1 aliphatic heterocycles. The lowest BCUT2D eigenvalue weighted by Crippen LogP contribution is -2.47. The predicted octanol–water partition coefficient (Wildman–Crippen LogP) is 1.35. The standard InChI is InChI=1S/C17H30N6O/c1-21(2)12-13-22(15-6-4-3-5-7-15)17(24)14-8-9-16-18-19-20-23(16)11-10-14/h14-15H,3-13H2,1-2H3. The molecule has 1 unspecified atom stereocenters. The van der Waals surface area contributed by atoms with Crippen LogP contribution in [0.1, 0.15) is 50.8 Å². The molecule has 0 saturated heterocycles. The summed E-state index contributed by atoms with van der Waals surface area (Å²) in [5, 5.41) is 11.8. The van der Waals surface area contributed by atoms with Crippen LogP contribution in [0.15, 0.2) is 0 Å². The number of aromatic nitrogens is 4. The Bertz CT molecular complexity index is 514. The van der Waals surface area contributed by atoms with Crippen LogP contribution in [0.5, 0.6) is 0 Å². The van der Waals surface area contributed by atoms with Crippen LogP contribution >= 0.6 is 0 Å². The molecule has 0 radical (unpaired) electrons. The van der Waals surface area contributed by atoms with Crippen LogP contribution in [0.2, 0.25) is 0 Å². The molecule has 0 spiro atoms. The summed E-state index contributed by atoms with van der Waals surface area (Å²) in [5.74, 6) is 1.36. The van der Waals surface area contributed by atoms with Gasteiger partial charge in [0.1, 0.15) is 0 Å². The first kappa shape index (κ1) is 17.3. The van der Waals surface area contributed by atoms with E-state index in [1.807, 2.05) is 4.68 Å². The number of nitrogens with zero attached hydrogens (tertiary/aromatic N) is 6. The second-order valence-electron chi connectivity index (χ2n) is 7.47. The van der Waals surface area contributed by atoms with Gasteiger partial charge >= 0.3 is 0 Å². The summed E-state index contributed by atoms with van der Waals surface area (Å²) in [4.78, 5) is 17.6. The number of rotatable bonds is 5. The molecular weight excluding hydrogens is 304 g/mol. The maximum atomic E-state index is 13.3. The molecule has 1 aliphatic carbocycles. The SMILES string of the molecule is CN(C)CCN(C(=O)C1CCc2nnnn2CC1)C1CCCCC1. The molecule has 1 saturated carbocycles. The molecule has 7 nitrogen and oxygen atoms in total. The lowest BCUT2D eigenvalue weighted by molar-refractivity contribution is -0.139. The first-order valence-electron chi connectivity index (χ1n) is 9.35. The number of carbonyl (C=O) groups excluding carboxylic acids is 1. The van der Waals surface area contributed by atoms with E-state index in [4.69, 9.17) is 0 Å². The van der Waals surface area contributed by atoms with Crippen molar-refractivity contribution in [2.45, 2.75) is 64.0 Å². The van der Waals surface area contributed by atoms with Gasteiger partial charge in [0.05, 0.1) is 0 Å². The summed E-state index contributed by atoms with van der Waals surface area (Å²) >= 11 is 0. The van der Waals surface area contributed by atoms with E-state index >= 15 is 0 Å². The van der Waals surface area contributed by atoms with E-state index in [9.17, 15) is 4.79 Å². The zero-order chi connectivity index (χ0) is 16.9. The van der Waals surface area contributed by atoms with E-state index < -0.39 is 0 Å². The van der Waals surface area contributed by atoms with Crippen LogP contribution in [0.25, 0.3) is 0 Å². The smallest absolute Gasteiger partial charge is 0.226 e. The van der Waals surface area contributed by atoms with Crippen LogP contribution in [0.4, 0.5) is 0 Å². The molecule has 7 heteroatoms. The number of fused-ring (bicyclic) bond motifs is 1. The number of carbonyl (C=O) groups is 1. The number of tetrazole rings is 1. The third kappa shape index (κ3) is 4.12. The summed E-state index contributed by atoms with van der Waals surface area (Å²) < 4.78 is 1.86. The highest BCUT2D eigenvalue weighted by atomic mass is 16.2. The first-order chi connectivity index (χ1) is 11.6. The Morgan fingerprint density at radius 2 is 1.92 bits per heavy atom. The lowest BCUT2D eigenvalue weighted by Gasteiger charge is -2.37. The predicted molar refractivity (Wildman–Crippen MR) is 91.4 cm³/mol. The van der Waals surface area contributed by atoms with Crippen LogP contribution < -0.4 is 0 Å². The average Bonchev–Trinajstić information content (AvgIpc) is 2.94. The molecule has 0 N–H and O–H groups in total. The molecule has 1 fully saturated rings. The molecule has 1 aromatic heterocycles. The summed E-state index contributed by atoms with van der Waals surface area (Å²) in [6.45, 7) is 2.53. The summed E-state index contributed by atoms with van der Waals surface area (Å²) in [5.41, 5.74) is 0. The third-order valence-corrected chi connectivity index (χ3v) is 5.45. The molecule has 2 heterocycles. The largest absolute Gasteiger partial charge is 0.338 e. The topological polar surface area (TPSA) is 67.2 Å². The Hall–Kier alpha value is -1.50. The molecular formula is C17H30N6O. The Balaban J connectivity index is 1.66. The summed E-state index contributed by atoms with van der Waals surface area (Å²) in [6.07, 6.45) is 8.67. The Morgan fingerprint density at radius 1 is 1.12 bits per heavy atom. The van der Waals surface area contributed by atoms with Crippen LogP contribution in [-0.4, -0.2) is 69.1 Å². The highest BCUT2D eigenvalue weighted by Crippen LogP contribution is 2.27. The van der Waals surface area contributed by atoms with Crippen molar-refractivity contribution >= 4 is 5.91 Å². The molecule has 1 atom stereocenters. The van der Waals surface area contributed by atoms with E-state index in [0.29, 0.717) is 11.9 Å². The maximum absolute atomic E-state index is 13.3. The fraction of sp³-hybridized carbons (Fsp3) is 0.882. The zero-order valence-corrected chi connectivity index (χ0v) is 15.0. The average molecular weight is 334 g/mol. The van der Waals surface area contributed by atoms with Gasteiger partial charge in [-0.2, -0.15) is 0 Å². The Morgan fingerprint density at radius 3 is 2.67 bits per heavy atom. The van der Waals surface area contributed by atoms with Crippen molar-refractivity contribution in [3.8, 4) is 0 Å². The second kappa shape index (κ2) is 8.05. The minimum absolute atomic E-state index is 0.0950. The molecule has 0 aromatic carbocycles. The van der Waals surface area contributed by atoms with Crippen molar-refractivity contribution in [2.24, 2.45) is 5.92 Å². The van der Waals surface area contributed by atoms with Gasteiger partial charge in [-0.1, -0.05) is 19.3 Å². The molecule has 1 amide bonds. The third-order valence-electron chi connectivity index (χ3n) is 5.45. The fourth-order valence-electron chi connectivity index (χ4n) is 3.96. The van der Waals surface area contributed by atoms with E-state index in [1.54, 1.807) is 0 Å². The van der Waals surface area contributed by atoms with Crippen molar-refractivity contribution < 1.29 is 4.79 Å². The fourth-order valence-corrected chi connectivity index (χ4v) is 3.96. The number of hydrogen-bond donors (Lipinski definition) is 0. The molecule has 2 aliphatic rings. The van der Waals surface area contributed by atoms with Gasteiger partial charge in [0.2, 0.25) is 5.91 Å². The van der Waals surface area contributed by atoms with Crippen LogP contribution in [0, 0.1) is 5.92 Å². The van der Waals surface area contributed by atoms with E-state index in [1.165, 1.54) is 32.1 Å². The highest BCUT2D eigenvalue weighted by Gasteiger charge is 2.31. The minimum Gasteiger partial charge on any atom is -0.338 e. The second-order valence-corrected chi connectivity index (χ2v) is 7.47. The monoisotopic (exact) mass is 334 g/mol. The van der Waals surface area contributed by atoms with Crippen molar-refractivity contribution in [3.63, 3.8) is 0 Å². The Labute approximate surface area is 144 Å². The molecule has 3 rings (SSSR count). The quantitative estimate of drug-likeness (QED) is 0.813. The van der Waals surface area contributed by atoms with Gasteiger partial charge in [0, 0.05) is 38.0 Å². The van der Waals surface area contributed by atoms with Gasteiger partial charge in [0.15, 0.2) is 5.82 Å². The first-order valence-corrected chi connectivity index (χ1v) is 9.35. The number of hydrogen-bond acceptors (Lipinski definition) is 5. The molecule has 1 aromatic rings. The summed E-state index contributed by atoms with van der Waals surface area (Å²) in [6, 6.07) is 0.436. The van der Waals surface area contributed by atoms with Gasteiger partial charge in [-0.05, 0) is 50.2 Å².